The summed E-state index contributed by atoms with van der Waals surface area (Å²) in [5, 5.41) is 0.575. The summed E-state index contributed by atoms with van der Waals surface area (Å²) < 4.78 is 40.0. The van der Waals surface area contributed by atoms with Crippen LogP contribution in [-0.2, 0) is 10.0 Å². The molecule has 0 aliphatic heterocycles. The molecule has 0 spiro atoms. The molecule has 0 aliphatic rings. The fourth-order valence-corrected chi connectivity index (χ4v) is 4.74. The van der Waals surface area contributed by atoms with Crippen LogP contribution in [0.2, 0.25) is 0 Å². The van der Waals surface area contributed by atoms with E-state index in [9.17, 15) is 12.8 Å². The van der Waals surface area contributed by atoms with E-state index >= 15 is 0 Å². The van der Waals surface area contributed by atoms with Crippen molar-refractivity contribution in [3.8, 4) is 0 Å². The number of alkyl halides is 1. The lowest BCUT2D eigenvalue weighted by molar-refractivity contribution is 0.429. The molecule has 3 nitrogen and oxygen atoms in total. The van der Waals surface area contributed by atoms with Gasteiger partial charge in [-0.25, -0.2) is 12.8 Å². The Bertz CT molecular complexity index is 517. The van der Waals surface area contributed by atoms with Crippen LogP contribution < -0.4 is 0 Å². The lowest BCUT2D eigenvalue weighted by Gasteiger charge is -2.23. The first kappa shape index (κ1) is 16.6. The van der Waals surface area contributed by atoms with Crippen molar-refractivity contribution in [3.05, 3.63) is 29.1 Å². The Labute approximate surface area is 123 Å². The normalized spacial score (nSPS) is 12.1. The van der Waals surface area contributed by atoms with E-state index in [1.807, 2.05) is 6.92 Å². The predicted molar refractivity (Wildman–Crippen MR) is 78.7 cm³/mol. The van der Waals surface area contributed by atoms with Crippen molar-refractivity contribution in [2.45, 2.75) is 32.1 Å². The van der Waals surface area contributed by atoms with Crippen LogP contribution >= 0.6 is 15.9 Å². The van der Waals surface area contributed by atoms with Crippen molar-refractivity contribution < 1.29 is 12.8 Å². The Hall–Kier alpha value is -0.460. The molecule has 1 rings (SSSR count). The van der Waals surface area contributed by atoms with E-state index in [0.717, 1.165) is 6.42 Å². The average Bonchev–Trinajstić information content (AvgIpc) is 2.26. The first-order chi connectivity index (χ1) is 8.84. The van der Waals surface area contributed by atoms with E-state index in [1.165, 1.54) is 16.4 Å². The summed E-state index contributed by atoms with van der Waals surface area (Å²) in [6.07, 6.45) is 0.742. The van der Waals surface area contributed by atoms with Gasteiger partial charge in [0.2, 0.25) is 10.0 Å². The molecular formula is C13H19BrFNO2S. The van der Waals surface area contributed by atoms with E-state index in [4.69, 9.17) is 0 Å². The molecule has 0 fully saturated rings. The summed E-state index contributed by atoms with van der Waals surface area (Å²) in [5.74, 6) is -0.406. The fraction of sp³-hybridized carbons (Fsp3) is 0.538. The number of benzene rings is 1. The molecule has 0 unspecified atom stereocenters. The number of rotatable bonds is 6. The Morgan fingerprint density at radius 2 is 1.74 bits per heavy atom. The van der Waals surface area contributed by atoms with Crippen molar-refractivity contribution >= 4 is 26.0 Å². The fourth-order valence-electron chi connectivity index (χ4n) is 2.13. The third-order valence-electron chi connectivity index (χ3n) is 2.83. The van der Waals surface area contributed by atoms with Crippen molar-refractivity contribution in [2.24, 2.45) is 0 Å². The van der Waals surface area contributed by atoms with Gasteiger partial charge in [-0.05, 0) is 43.5 Å². The van der Waals surface area contributed by atoms with Gasteiger partial charge in [-0.3, -0.25) is 0 Å². The molecule has 108 valence electrons. The van der Waals surface area contributed by atoms with Gasteiger partial charge in [0.1, 0.15) is 5.82 Å². The van der Waals surface area contributed by atoms with E-state index < -0.39 is 15.8 Å². The predicted octanol–water partition coefficient (Wildman–Crippen LogP) is 3.24. The summed E-state index contributed by atoms with van der Waals surface area (Å²) >= 11 is 3.27. The number of aryl methyl sites for hydroxylation is 2. The maximum Gasteiger partial charge on any atom is 0.243 e. The lowest BCUT2D eigenvalue weighted by atomic mass is 10.1. The smallest absolute Gasteiger partial charge is 0.207 e. The van der Waals surface area contributed by atoms with E-state index in [1.54, 1.807) is 13.8 Å². The second-order valence-corrected chi connectivity index (χ2v) is 7.13. The van der Waals surface area contributed by atoms with Crippen molar-refractivity contribution in [2.75, 3.05) is 18.4 Å². The third-order valence-corrected chi connectivity index (χ3v) is 5.39. The standard InChI is InChI=1S/C13H19BrFNO2S/c1-4-6-16(7-5-14)19(17,18)13-10(2)8-12(15)9-11(13)3/h8-9H,4-7H2,1-3H3. The van der Waals surface area contributed by atoms with Crippen LogP contribution in [0, 0.1) is 19.7 Å². The third kappa shape index (κ3) is 3.77. The molecule has 0 aromatic heterocycles. The summed E-state index contributed by atoms with van der Waals surface area (Å²) in [6, 6.07) is 2.52. The zero-order valence-electron chi connectivity index (χ0n) is 11.4. The van der Waals surface area contributed by atoms with Crippen molar-refractivity contribution in [1.82, 2.24) is 4.31 Å². The highest BCUT2D eigenvalue weighted by Crippen LogP contribution is 2.25. The van der Waals surface area contributed by atoms with Crippen LogP contribution in [0.4, 0.5) is 4.39 Å². The summed E-state index contributed by atoms with van der Waals surface area (Å²) in [4.78, 5) is 0.225. The summed E-state index contributed by atoms with van der Waals surface area (Å²) in [7, 11) is -3.57. The van der Waals surface area contributed by atoms with Crippen LogP contribution in [0.1, 0.15) is 24.5 Å². The molecule has 0 saturated carbocycles. The molecule has 19 heavy (non-hydrogen) atoms. The Kier molecular flexibility index (Phi) is 5.95. The van der Waals surface area contributed by atoms with Crippen LogP contribution in [-0.4, -0.2) is 31.1 Å². The minimum Gasteiger partial charge on any atom is -0.207 e. The molecule has 0 radical (unpaired) electrons. The first-order valence-electron chi connectivity index (χ1n) is 6.17. The Balaban J connectivity index is 3.33. The van der Waals surface area contributed by atoms with Gasteiger partial charge in [0.05, 0.1) is 4.90 Å². The van der Waals surface area contributed by atoms with Gasteiger partial charge in [0.25, 0.3) is 0 Å². The van der Waals surface area contributed by atoms with Gasteiger partial charge in [0, 0.05) is 18.4 Å². The van der Waals surface area contributed by atoms with Crippen LogP contribution in [0.25, 0.3) is 0 Å². The van der Waals surface area contributed by atoms with Gasteiger partial charge in [0.15, 0.2) is 0 Å². The number of nitrogens with zero attached hydrogens (tertiary/aromatic N) is 1. The highest BCUT2D eigenvalue weighted by atomic mass is 79.9. The highest BCUT2D eigenvalue weighted by Gasteiger charge is 2.27. The van der Waals surface area contributed by atoms with E-state index in [-0.39, 0.29) is 4.90 Å². The molecule has 0 amide bonds. The molecule has 0 atom stereocenters. The molecule has 0 bridgehead atoms. The zero-order chi connectivity index (χ0) is 14.6. The van der Waals surface area contributed by atoms with Crippen LogP contribution in [0.5, 0.6) is 0 Å². The second-order valence-electron chi connectivity index (χ2n) is 4.46. The molecular weight excluding hydrogens is 333 g/mol. The number of hydrogen-bond donors (Lipinski definition) is 0. The Morgan fingerprint density at radius 3 is 2.16 bits per heavy atom. The molecule has 0 heterocycles. The van der Waals surface area contributed by atoms with Gasteiger partial charge < -0.3 is 0 Å². The van der Waals surface area contributed by atoms with Crippen LogP contribution in [0.3, 0.4) is 0 Å². The molecule has 1 aromatic carbocycles. The quantitative estimate of drug-likeness (QED) is 0.737. The van der Waals surface area contributed by atoms with Gasteiger partial charge in [-0.15, -0.1) is 0 Å². The van der Waals surface area contributed by atoms with Gasteiger partial charge >= 0.3 is 0 Å². The van der Waals surface area contributed by atoms with Crippen molar-refractivity contribution in [1.29, 1.82) is 0 Å². The monoisotopic (exact) mass is 351 g/mol. The highest BCUT2D eigenvalue weighted by molar-refractivity contribution is 9.09. The number of halogens is 2. The topological polar surface area (TPSA) is 37.4 Å². The average molecular weight is 352 g/mol. The minimum atomic E-state index is -3.57. The molecule has 1 aromatic rings. The maximum absolute atomic E-state index is 13.3. The van der Waals surface area contributed by atoms with Crippen molar-refractivity contribution in [3.63, 3.8) is 0 Å². The number of hydrogen-bond acceptors (Lipinski definition) is 2. The van der Waals surface area contributed by atoms with Crippen LogP contribution in [0.15, 0.2) is 17.0 Å². The Morgan fingerprint density at radius 1 is 1.21 bits per heavy atom. The van der Waals surface area contributed by atoms with Gasteiger partial charge in [-0.1, -0.05) is 22.9 Å². The van der Waals surface area contributed by atoms with E-state index in [0.29, 0.717) is 29.5 Å². The second kappa shape index (κ2) is 6.81. The molecule has 0 N–H and O–H groups in total. The first-order valence-corrected chi connectivity index (χ1v) is 8.73. The number of sulfonamides is 1. The summed E-state index contributed by atoms with van der Waals surface area (Å²) in [5.41, 5.74) is 0.904. The lowest BCUT2D eigenvalue weighted by Crippen LogP contribution is -2.34. The molecule has 0 aliphatic carbocycles. The summed E-state index contributed by atoms with van der Waals surface area (Å²) in [6.45, 7) is 6.06. The minimum absolute atomic E-state index is 0.225. The molecule has 0 saturated heterocycles. The zero-order valence-corrected chi connectivity index (χ0v) is 13.8. The van der Waals surface area contributed by atoms with E-state index in [2.05, 4.69) is 15.9 Å². The SMILES string of the molecule is CCCN(CCBr)S(=O)(=O)c1c(C)cc(F)cc1C. The maximum atomic E-state index is 13.3. The largest absolute Gasteiger partial charge is 0.243 e. The van der Waals surface area contributed by atoms with Gasteiger partial charge in [-0.2, -0.15) is 4.31 Å². The molecule has 6 heteroatoms.